The summed E-state index contributed by atoms with van der Waals surface area (Å²) in [6.45, 7) is 3.24. The molecule has 2 aromatic rings. The summed E-state index contributed by atoms with van der Waals surface area (Å²) in [5.41, 5.74) is 1.56. The van der Waals surface area contributed by atoms with E-state index in [1.165, 1.54) is 17.2 Å². The minimum absolute atomic E-state index is 0.407. The maximum absolute atomic E-state index is 12.6. The minimum Gasteiger partial charge on any atom is -0.370 e. The Morgan fingerprint density at radius 1 is 1.17 bits per heavy atom. The van der Waals surface area contributed by atoms with Gasteiger partial charge in [0.1, 0.15) is 0 Å². The fourth-order valence-corrected chi connectivity index (χ4v) is 4.60. The van der Waals surface area contributed by atoms with Gasteiger partial charge in [0.25, 0.3) is 0 Å². The van der Waals surface area contributed by atoms with Crippen molar-refractivity contribution in [1.29, 1.82) is 0 Å². The van der Waals surface area contributed by atoms with Gasteiger partial charge in [0, 0.05) is 62.2 Å². The number of hydrogen-bond donors (Lipinski definition) is 2. The molecule has 0 aliphatic carbocycles. The third-order valence-electron chi connectivity index (χ3n) is 4.47. The van der Waals surface area contributed by atoms with Crippen molar-refractivity contribution < 1.29 is 13.2 Å². The zero-order valence-corrected chi connectivity index (χ0v) is 17.8. The molecular formula is C19H24F3N5S2. The van der Waals surface area contributed by atoms with E-state index in [0.717, 1.165) is 35.4 Å². The van der Waals surface area contributed by atoms with E-state index in [2.05, 4.69) is 49.8 Å². The number of rotatable bonds is 6. The van der Waals surface area contributed by atoms with Gasteiger partial charge in [0.15, 0.2) is 11.7 Å². The molecule has 1 aliphatic rings. The molecule has 1 aromatic carbocycles. The first-order chi connectivity index (χ1) is 14.0. The topological polar surface area (TPSA) is 52.6 Å². The van der Waals surface area contributed by atoms with Gasteiger partial charge in [-0.3, -0.25) is 4.99 Å². The highest BCUT2D eigenvalue weighted by molar-refractivity contribution is 7.99. The van der Waals surface area contributed by atoms with Crippen LogP contribution < -0.4 is 15.5 Å². The van der Waals surface area contributed by atoms with Crippen LogP contribution >= 0.6 is 23.1 Å². The highest BCUT2D eigenvalue weighted by Gasteiger charge is 2.33. The van der Waals surface area contributed by atoms with Gasteiger partial charge >= 0.3 is 6.18 Å². The van der Waals surface area contributed by atoms with E-state index in [0.29, 0.717) is 30.5 Å². The summed E-state index contributed by atoms with van der Waals surface area (Å²) in [4.78, 5) is 10.2. The lowest BCUT2D eigenvalue weighted by Gasteiger charge is -2.28. The number of aromatic nitrogens is 1. The summed E-state index contributed by atoms with van der Waals surface area (Å²) >= 11 is 3.01. The number of halogens is 3. The van der Waals surface area contributed by atoms with E-state index in [-0.39, 0.29) is 0 Å². The Balaban J connectivity index is 1.42. The summed E-state index contributed by atoms with van der Waals surface area (Å²) in [7, 11) is 1.66. The van der Waals surface area contributed by atoms with Crippen molar-refractivity contribution in [3.05, 3.63) is 45.9 Å². The van der Waals surface area contributed by atoms with Crippen LogP contribution in [0.3, 0.4) is 0 Å². The molecule has 0 spiro atoms. The molecule has 3 rings (SSSR count). The first-order valence-electron chi connectivity index (χ1n) is 9.33. The molecule has 10 heteroatoms. The van der Waals surface area contributed by atoms with Gasteiger partial charge in [-0.25, -0.2) is 4.98 Å². The molecule has 1 fully saturated rings. The first-order valence-corrected chi connectivity index (χ1v) is 11.4. The minimum atomic E-state index is -4.39. The van der Waals surface area contributed by atoms with Gasteiger partial charge in [-0.2, -0.15) is 24.9 Å². The van der Waals surface area contributed by atoms with E-state index >= 15 is 0 Å². The van der Waals surface area contributed by atoms with Gasteiger partial charge in [-0.1, -0.05) is 12.1 Å². The Morgan fingerprint density at radius 2 is 1.90 bits per heavy atom. The zero-order chi connectivity index (χ0) is 20.7. The number of nitrogens with zero attached hydrogens (tertiary/aromatic N) is 3. The third kappa shape index (κ3) is 6.53. The maximum Gasteiger partial charge on any atom is 0.434 e. The first kappa shape index (κ1) is 21.8. The molecule has 29 heavy (non-hydrogen) atoms. The quantitative estimate of drug-likeness (QED) is 0.528. The van der Waals surface area contributed by atoms with Gasteiger partial charge in [0.05, 0.1) is 5.01 Å². The van der Waals surface area contributed by atoms with Crippen molar-refractivity contribution in [3.8, 4) is 0 Å². The Kier molecular flexibility index (Phi) is 7.65. The second-order valence-corrected chi connectivity index (χ2v) is 8.66. The monoisotopic (exact) mass is 443 g/mol. The lowest BCUT2D eigenvalue weighted by Crippen LogP contribution is -2.37. The van der Waals surface area contributed by atoms with E-state index < -0.39 is 11.9 Å². The van der Waals surface area contributed by atoms with Crippen LogP contribution in [0, 0.1) is 0 Å². The van der Waals surface area contributed by atoms with Crippen LogP contribution in [-0.2, 0) is 19.1 Å². The van der Waals surface area contributed by atoms with Crippen LogP contribution in [0.5, 0.6) is 0 Å². The molecule has 0 amide bonds. The van der Waals surface area contributed by atoms with Crippen molar-refractivity contribution in [1.82, 2.24) is 15.6 Å². The molecule has 5 nitrogen and oxygen atoms in total. The van der Waals surface area contributed by atoms with Crippen molar-refractivity contribution in [2.45, 2.75) is 19.1 Å². The van der Waals surface area contributed by atoms with Gasteiger partial charge in [-0.05, 0) is 17.7 Å². The molecule has 1 saturated heterocycles. The fourth-order valence-electron chi connectivity index (χ4n) is 2.90. The van der Waals surface area contributed by atoms with Gasteiger partial charge in [-0.15, -0.1) is 11.3 Å². The van der Waals surface area contributed by atoms with Crippen molar-refractivity contribution >= 4 is 34.7 Å². The van der Waals surface area contributed by atoms with Crippen molar-refractivity contribution in [2.75, 3.05) is 43.1 Å². The number of nitrogens with one attached hydrogen (secondary N) is 2. The molecule has 0 bridgehead atoms. The van der Waals surface area contributed by atoms with E-state index in [1.54, 1.807) is 7.05 Å². The van der Waals surface area contributed by atoms with Crippen LogP contribution in [0.1, 0.15) is 16.3 Å². The number of benzene rings is 1. The predicted octanol–water partition coefficient (Wildman–Crippen LogP) is 3.62. The average molecular weight is 444 g/mol. The number of guanidine groups is 1. The molecule has 158 valence electrons. The second-order valence-electron chi connectivity index (χ2n) is 6.49. The van der Waals surface area contributed by atoms with Crippen LogP contribution in [0.15, 0.2) is 34.6 Å². The number of thiazole rings is 1. The Hall–Kier alpha value is -1.94. The lowest BCUT2D eigenvalue weighted by atomic mass is 10.2. The molecule has 0 saturated carbocycles. The number of aliphatic imine (C=N–C) groups is 1. The second kappa shape index (κ2) is 10.2. The van der Waals surface area contributed by atoms with Crippen LogP contribution in [0.25, 0.3) is 0 Å². The summed E-state index contributed by atoms with van der Waals surface area (Å²) in [5.74, 6) is 2.95. The Bertz CT molecular complexity index is 799. The standard InChI is InChI=1S/C19H24F3N5S2/c1-23-18(24-7-6-17-26-16(13-29-17)19(20,21)22)25-12-14-2-4-15(5-3-14)27-8-10-28-11-9-27/h2-5,13H,6-12H2,1H3,(H2,23,24,25). The van der Waals surface area contributed by atoms with Gasteiger partial charge in [0.2, 0.25) is 0 Å². The highest BCUT2D eigenvalue weighted by Crippen LogP contribution is 2.30. The molecule has 1 aromatic heterocycles. The van der Waals surface area contributed by atoms with E-state index in [4.69, 9.17) is 0 Å². The van der Waals surface area contributed by atoms with E-state index in [1.807, 2.05) is 11.8 Å². The summed E-state index contributed by atoms with van der Waals surface area (Å²) in [5, 5.41) is 7.84. The number of anilines is 1. The fraction of sp³-hybridized carbons (Fsp3) is 0.474. The smallest absolute Gasteiger partial charge is 0.370 e. The summed E-state index contributed by atoms with van der Waals surface area (Å²) in [6.07, 6.45) is -3.98. The normalized spacial score (nSPS) is 15.4. The summed E-state index contributed by atoms with van der Waals surface area (Å²) in [6, 6.07) is 8.49. The molecule has 2 heterocycles. The van der Waals surface area contributed by atoms with Crippen LogP contribution in [-0.4, -0.2) is 49.1 Å². The maximum atomic E-state index is 12.6. The van der Waals surface area contributed by atoms with Crippen LogP contribution in [0.4, 0.5) is 18.9 Å². The molecule has 0 unspecified atom stereocenters. The molecule has 1 aliphatic heterocycles. The van der Waals surface area contributed by atoms with Crippen LogP contribution in [0.2, 0.25) is 0 Å². The van der Waals surface area contributed by atoms with Gasteiger partial charge < -0.3 is 15.5 Å². The number of alkyl halides is 3. The number of thioether (sulfide) groups is 1. The van der Waals surface area contributed by atoms with Crippen molar-refractivity contribution in [2.24, 2.45) is 4.99 Å². The predicted molar refractivity (Wildman–Crippen MR) is 115 cm³/mol. The Labute approximate surface area is 176 Å². The SMILES string of the molecule is CN=C(NCCc1nc(C(F)(F)F)cs1)NCc1ccc(N2CCSCC2)cc1. The van der Waals surface area contributed by atoms with E-state index in [9.17, 15) is 13.2 Å². The zero-order valence-electron chi connectivity index (χ0n) is 16.1. The van der Waals surface area contributed by atoms with Crippen molar-refractivity contribution in [3.63, 3.8) is 0 Å². The average Bonchev–Trinajstić information content (AvgIpc) is 3.21. The number of hydrogen-bond acceptors (Lipinski definition) is 5. The largest absolute Gasteiger partial charge is 0.434 e. The molecular weight excluding hydrogens is 419 g/mol. The summed E-state index contributed by atoms with van der Waals surface area (Å²) < 4.78 is 37.8. The lowest BCUT2D eigenvalue weighted by molar-refractivity contribution is -0.140. The Morgan fingerprint density at radius 3 is 2.52 bits per heavy atom. The third-order valence-corrected chi connectivity index (χ3v) is 6.32. The molecule has 0 atom stereocenters. The molecule has 0 radical (unpaired) electrons. The highest BCUT2D eigenvalue weighted by atomic mass is 32.2. The molecule has 2 N–H and O–H groups in total.